The predicted octanol–water partition coefficient (Wildman–Crippen LogP) is 2.62. The second kappa shape index (κ2) is 4.60. The fourth-order valence-electron chi connectivity index (χ4n) is 4.14. The number of hydrogen-bond acceptors (Lipinski definition) is 3. The van der Waals surface area contributed by atoms with Crippen molar-refractivity contribution in [2.75, 3.05) is 7.11 Å². The number of para-hydroxylation sites is 1. The quantitative estimate of drug-likeness (QED) is 0.792. The number of esters is 1. The lowest BCUT2D eigenvalue weighted by Crippen LogP contribution is -2.54. The minimum absolute atomic E-state index is 0.0779. The summed E-state index contributed by atoms with van der Waals surface area (Å²) in [6, 6.07) is 8.14. The number of benzene rings is 1. The van der Waals surface area contributed by atoms with Crippen LogP contribution in [0.5, 0.6) is 0 Å². The van der Waals surface area contributed by atoms with Gasteiger partial charge in [-0.3, -0.25) is 10.1 Å². The lowest BCUT2D eigenvalue weighted by molar-refractivity contribution is -0.144. The van der Waals surface area contributed by atoms with E-state index in [4.69, 9.17) is 4.74 Å². The number of fused-ring (bicyclic) bond motifs is 4. The second-order valence-electron chi connectivity index (χ2n) is 6.24. The first-order valence-electron chi connectivity index (χ1n) is 7.69. The normalized spacial score (nSPS) is 23.4. The number of H-pyrrole nitrogens is 1. The molecule has 2 aliphatic rings. The highest BCUT2D eigenvalue weighted by Gasteiger charge is 2.45. The van der Waals surface area contributed by atoms with Gasteiger partial charge in [-0.25, -0.2) is 0 Å². The van der Waals surface area contributed by atoms with Crippen molar-refractivity contribution in [1.82, 2.24) is 10.3 Å². The first-order chi connectivity index (χ1) is 10.2. The Morgan fingerprint density at radius 1 is 1.29 bits per heavy atom. The SMILES string of the molecule is COC(=O)[C@@H]1Cc2c([nH]c3ccccc23)C2(CCCC2)N1. The summed E-state index contributed by atoms with van der Waals surface area (Å²) >= 11 is 0. The molecule has 1 spiro atoms. The van der Waals surface area contributed by atoms with Crippen LogP contribution in [0.2, 0.25) is 0 Å². The molecule has 0 amide bonds. The molecule has 4 heteroatoms. The highest BCUT2D eigenvalue weighted by molar-refractivity contribution is 5.87. The van der Waals surface area contributed by atoms with Crippen LogP contribution in [-0.2, 0) is 21.5 Å². The highest BCUT2D eigenvalue weighted by atomic mass is 16.5. The van der Waals surface area contributed by atoms with Crippen LogP contribution in [0, 0.1) is 0 Å². The van der Waals surface area contributed by atoms with Crippen LogP contribution in [0.1, 0.15) is 36.9 Å². The van der Waals surface area contributed by atoms with E-state index in [1.54, 1.807) is 0 Å². The van der Waals surface area contributed by atoms with Gasteiger partial charge in [-0.15, -0.1) is 0 Å². The van der Waals surface area contributed by atoms with Gasteiger partial charge in [-0.2, -0.15) is 0 Å². The monoisotopic (exact) mass is 284 g/mol. The average molecular weight is 284 g/mol. The number of ether oxygens (including phenoxy) is 1. The molecule has 4 nitrogen and oxygen atoms in total. The molecule has 1 aromatic carbocycles. The zero-order valence-electron chi connectivity index (χ0n) is 12.2. The van der Waals surface area contributed by atoms with Crippen molar-refractivity contribution < 1.29 is 9.53 Å². The van der Waals surface area contributed by atoms with Gasteiger partial charge in [0.05, 0.1) is 12.6 Å². The number of carbonyl (C=O) groups excluding carboxylic acids is 1. The number of aromatic amines is 1. The van der Waals surface area contributed by atoms with Crippen molar-refractivity contribution in [1.29, 1.82) is 0 Å². The zero-order chi connectivity index (χ0) is 14.4. The van der Waals surface area contributed by atoms with Gasteiger partial charge in [0.15, 0.2) is 0 Å². The molecule has 1 saturated carbocycles. The molecule has 1 aliphatic heterocycles. The molecular formula is C17H20N2O2. The van der Waals surface area contributed by atoms with Crippen LogP contribution in [0.3, 0.4) is 0 Å². The Kier molecular flexibility index (Phi) is 2.82. The number of nitrogens with one attached hydrogen (secondary N) is 2. The molecule has 2 N–H and O–H groups in total. The summed E-state index contributed by atoms with van der Waals surface area (Å²) in [7, 11) is 1.47. The molecule has 0 saturated heterocycles. The molecule has 2 aromatic rings. The number of rotatable bonds is 1. The Hall–Kier alpha value is -1.81. The molecule has 0 bridgehead atoms. The van der Waals surface area contributed by atoms with Crippen molar-refractivity contribution in [2.45, 2.75) is 43.7 Å². The van der Waals surface area contributed by atoms with E-state index in [0.29, 0.717) is 6.42 Å². The van der Waals surface area contributed by atoms with Crippen LogP contribution in [0.4, 0.5) is 0 Å². The van der Waals surface area contributed by atoms with E-state index in [2.05, 4.69) is 34.6 Å². The lowest BCUT2D eigenvalue weighted by Gasteiger charge is -2.38. The van der Waals surface area contributed by atoms with E-state index in [-0.39, 0.29) is 17.6 Å². The minimum Gasteiger partial charge on any atom is -0.468 e. The van der Waals surface area contributed by atoms with E-state index in [9.17, 15) is 4.79 Å². The van der Waals surface area contributed by atoms with Crippen molar-refractivity contribution >= 4 is 16.9 Å². The molecule has 4 rings (SSSR count). The number of hydrogen-bond donors (Lipinski definition) is 2. The van der Waals surface area contributed by atoms with Crippen molar-refractivity contribution in [2.24, 2.45) is 0 Å². The van der Waals surface area contributed by atoms with Gasteiger partial charge >= 0.3 is 5.97 Å². The summed E-state index contributed by atoms with van der Waals surface area (Å²) in [5.74, 6) is -0.155. The predicted molar refractivity (Wildman–Crippen MR) is 81.1 cm³/mol. The zero-order valence-corrected chi connectivity index (χ0v) is 12.2. The van der Waals surface area contributed by atoms with Crippen LogP contribution < -0.4 is 5.32 Å². The number of methoxy groups -OCH3 is 1. The topological polar surface area (TPSA) is 54.1 Å². The Morgan fingerprint density at radius 2 is 2.05 bits per heavy atom. The maximum Gasteiger partial charge on any atom is 0.323 e. The Balaban J connectivity index is 1.89. The smallest absolute Gasteiger partial charge is 0.323 e. The van der Waals surface area contributed by atoms with E-state index < -0.39 is 0 Å². The van der Waals surface area contributed by atoms with E-state index in [1.807, 2.05) is 0 Å². The Morgan fingerprint density at radius 3 is 2.81 bits per heavy atom. The largest absolute Gasteiger partial charge is 0.468 e. The number of aromatic nitrogens is 1. The third-order valence-corrected chi connectivity index (χ3v) is 5.09. The summed E-state index contributed by atoms with van der Waals surface area (Å²) in [4.78, 5) is 15.7. The van der Waals surface area contributed by atoms with Crippen LogP contribution in [-0.4, -0.2) is 24.1 Å². The number of carbonyl (C=O) groups is 1. The van der Waals surface area contributed by atoms with E-state index in [0.717, 1.165) is 12.8 Å². The van der Waals surface area contributed by atoms with Gasteiger partial charge in [-0.05, 0) is 24.5 Å². The van der Waals surface area contributed by atoms with Gasteiger partial charge in [0.2, 0.25) is 0 Å². The van der Waals surface area contributed by atoms with Crippen LogP contribution in [0.25, 0.3) is 10.9 Å². The van der Waals surface area contributed by atoms with Crippen molar-refractivity contribution in [3.63, 3.8) is 0 Å². The molecule has 0 radical (unpaired) electrons. The van der Waals surface area contributed by atoms with E-state index in [1.165, 1.54) is 42.1 Å². The van der Waals surface area contributed by atoms with Gasteiger partial charge in [0.1, 0.15) is 6.04 Å². The molecule has 1 aromatic heterocycles. The molecule has 1 aliphatic carbocycles. The minimum atomic E-state index is -0.236. The van der Waals surface area contributed by atoms with Crippen molar-refractivity contribution in [3.05, 3.63) is 35.5 Å². The molecule has 0 unspecified atom stereocenters. The third-order valence-electron chi connectivity index (χ3n) is 5.09. The summed E-state index contributed by atoms with van der Waals surface area (Å²) in [6.45, 7) is 0. The maximum absolute atomic E-state index is 12.1. The Bertz CT molecular complexity index is 698. The maximum atomic E-state index is 12.1. The summed E-state index contributed by atoms with van der Waals surface area (Å²) in [6.07, 6.45) is 5.28. The summed E-state index contributed by atoms with van der Waals surface area (Å²) < 4.78 is 4.98. The van der Waals surface area contributed by atoms with Gasteiger partial charge in [0, 0.05) is 23.0 Å². The van der Waals surface area contributed by atoms with E-state index >= 15 is 0 Å². The molecule has 1 atom stereocenters. The average Bonchev–Trinajstić information content (AvgIpc) is 3.12. The Labute approximate surface area is 123 Å². The fraction of sp³-hybridized carbons (Fsp3) is 0.471. The van der Waals surface area contributed by atoms with Gasteiger partial charge < -0.3 is 9.72 Å². The molecular weight excluding hydrogens is 264 g/mol. The third kappa shape index (κ3) is 1.82. The van der Waals surface area contributed by atoms with Crippen LogP contribution in [0.15, 0.2) is 24.3 Å². The highest BCUT2D eigenvalue weighted by Crippen LogP contribution is 2.45. The first-order valence-corrected chi connectivity index (χ1v) is 7.69. The lowest BCUT2D eigenvalue weighted by atomic mass is 9.82. The fourth-order valence-corrected chi connectivity index (χ4v) is 4.14. The van der Waals surface area contributed by atoms with Gasteiger partial charge in [0.25, 0.3) is 0 Å². The summed E-state index contributed by atoms with van der Waals surface area (Å²) in [5, 5.41) is 4.84. The second-order valence-corrected chi connectivity index (χ2v) is 6.24. The molecule has 21 heavy (non-hydrogen) atoms. The van der Waals surface area contributed by atoms with Crippen LogP contribution >= 0.6 is 0 Å². The first kappa shape index (κ1) is 12.9. The molecule has 1 fully saturated rings. The van der Waals surface area contributed by atoms with Gasteiger partial charge in [-0.1, -0.05) is 31.0 Å². The van der Waals surface area contributed by atoms with Crippen molar-refractivity contribution in [3.8, 4) is 0 Å². The summed E-state index contributed by atoms with van der Waals surface area (Å²) in [5.41, 5.74) is 3.68. The molecule has 110 valence electrons. The standard InChI is InChI=1S/C17H20N2O2/c1-21-16(20)14-10-12-11-6-2-3-7-13(11)18-15(12)17(19-14)8-4-5-9-17/h2-3,6-7,14,18-19H,4-5,8-10H2,1H3/t14-/m0/s1. The molecule has 2 heterocycles.